The number of nitrogens with zero attached hydrogens (tertiary/aromatic N) is 1. The van der Waals surface area contributed by atoms with E-state index in [4.69, 9.17) is 10.3 Å². The molecule has 0 saturated heterocycles. The minimum Gasteiger partial charge on any atom is -0.366 e. The predicted octanol–water partition coefficient (Wildman–Crippen LogP) is 3.66. The summed E-state index contributed by atoms with van der Waals surface area (Å²) in [5.41, 5.74) is 8.39. The van der Waals surface area contributed by atoms with Crippen LogP contribution in [0.5, 0.6) is 0 Å². The van der Waals surface area contributed by atoms with Gasteiger partial charge in [-0.1, -0.05) is 41.6 Å². The number of hydrogen-bond acceptors (Lipinski definition) is 4. The molecule has 2 amide bonds. The monoisotopic (exact) mass is 389 g/mol. The van der Waals surface area contributed by atoms with E-state index in [1.165, 1.54) is 24.3 Å². The zero-order chi connectivity index (χ0) is 20.4. The lowest BCUT2D eigenvalue weighted by Crippen LogP contribution is -2.23. The fraction of sp³-hybridized carbons (Fsp3) is 0.0455. The second kappa shape index (κ2) is 7.55. The molecule has 7 heteroatoms. The number of nitrogens with two attached hydrogens (primary N) is 1. The van der Waals surface area contributed by atoms with Crippen molar-refractivity contribution < 1.29 is 18.5 Å². The van der Waals surface area contributed by atoms with E-state index < -0.39 is 17.6 Å². The average molecular weight is 389 g/mol. The molecule has 0 radical (unpaired) electrons. The van der Waals surface area contributed by atoms with Crippen molar-refractivity contribution in [2.45, 2.75) is 6.54 Å². The molecule has 0 unspecified atom stereocenters. The summed E-state index contributed by atoms with van der Waals surface area (Å²) in [6, 6.07) is 17.7. The molecule has 4 aromatic rings. The topological polar surface area (TPSA) is 98.2 Å². The second-order valence-electron chi connectivity index (χ2n) is 6.42. The molecule has 29 heavy (non-hydrogen) atoms. The molecule has 1 aromatic heterocycles. The fourth-order valence-electron chi connectivity index (χ4n) is 3.19. The Morgan fingerprint density at radius 3 is 2.62 bits per heavy atom. The van der Waals surface area contributed by atoms with E-state index >= 15 is 0 Å². The van der Waals surface area contributed by atoms with E-state index in [9.17, 15) is 14.0 Å². The number of primary amides is 1. The smallest absolute Gasteiger partial charge is 0.251 e. The van der Waals surface area contributed by atoms with Crippen LogP contribution < -0.4 is 11.1 Å². The molecule has 3 aromatic carbocycles. The van der Waals surface area contributed by atoms with Gasteiger partial charge in [0.25, 0.3) is 5.91 Å². The van der Waals surface area contributed by atoms with Gasteiger partial charge in [-0.2, -0.15) is 0 Å². The Kier molecular flexibility index (Phi) is 4.78. The summed E-state index contributed by atoms with van der Waals surface area (Å²) in [4.78, 5) is 24.2. The van der Waals surface area contributed by atoms with E-state index in [0.29, 0.717) is 27.8 Å². The first-order valence-electron chi connectivity index (χ1n) is 8.85. The normalized spacial score (nSPS) is 10.8. The van der Waals surface area contributed by atoms with Gasteiger partial charge in [-0.15, -0.1) is 0 Å². The van der Waals surface area contributed by atoms with Crippen molar-refractivity contribution in [2.75, 3.05) is 0 Å². The molecule has 0 spiro atoms. The Bertz CT molecular complexity index is 1230. The van der Waals surface area contributed by atoms with Crippen LogP contribution in [0.15, 0.2) is 71.3 Å². The van der Waals surface area contributed by atoms with Gasteiger partial charge in [0, 0.05) is 17.7 Å². The molecule has 0 aliphatic carbocycles. The Hall–Kier alpha value is -4.00. The molecule has 0 aliphatic heterocycles. The number of nitrogens with one attached hydrogen (secondary N) is 1. The lowest BCUT2D eigenvalue weighted by molar-refractivity contribution is 0.0949. The first-order chi connectivity index (χ1) is 14.0. The lowest BCUT2D eigenvalue weighted by atomic mass is 9.99. The number of rotatable bonds is 5. The van der Waals surface area contributed by atoms with E-state index in [0.717, 1.165) is 5.56 Å². The third-order valence-electron chi connectivity index (χ3n) is 4.56. The van der Waals surface area contributed by atoms with Crippen LogP contribution >= 0.6 is 0 Å². The fourth-order valence-corrected chi connectivity index (χ4v) is 3.19. The van der Waals surface area contributed by atoms with Crippen LogP contribution in [0.1, 0.15) is 26.3 Å². The molecule has 0 fully saturated rings. The summed E-state index contributed by atoms with van der Waals surface area (Å²) >= 11 is 0. The van der Waals surface area contributed by atoms with Gasteiger partial charge >= 0.3 is 0 Å². The molecule has 0 aliphatic rings. The largest absolute Gasteiger partial charge is 0.366 e. The summed E-state index contributed by atoms with van der Waals surface area (Å²) in [6.45, 7) is 0.179. The number of benzene rings is 3. The maximum Gasteiger partial charge on any atom is 0.251 e. The summed E-state index contributed by atoms with van der Waals surface area (Å²) in [5, 5.41) is 7.41. The minimum atomic E-state index is -0.586. The van der Waals surface area contributed by atoms with Gasteiger partial charge in [0.2, 0.25) is 5.91 Å². The van der Waals surface area contributed by atoms with Gasteiger partial charge in [-0.3, -0.25) is 9.59 Å². The molecular weight excluding hydrogens is 373 g/mol. The lowest BCUT2D eigenvalue weighted by Gasteiger charge is -2.10. The van der Waals surface area contributed by atoms with Crippen LogP contribution in [0.2, 0.25) is 0 Å². The van der Waals surface area contributed by atoms with Crippen molar-refractivity contribution in [2.24, 2.45) is 5.73 Å². The number of aromatic nitrogens is 1. The van der Waals surface area contributed by atoms with E-state index in [-0.39, 0.29) is 12.1 Å². The summed E-state index contributed by atoms with van der Waals surface area (Å²) in [6.07, 6.45) is 0. The van der Waals surface area contributed by atoms with Gasteiger partial charge in [0.05, 0.1) is 10.9 Å². The van der Waals surface area contributed by atoms with Gasteiger partial charge in [-0.25, -0.2) is 4.39 Å². The Morgan fingerprint density at radius 2 is 1.83 bits per heavy atom. The first-order valence-corrected chi connectivity index (χ1v) is 8.85. The van der Waals surface area contributed by atoms with Crippen LogP contribution in [-0.2, 0) is 6.54 Å². The van der Waals surface area contributed by atoms with Crippen LogP contribution in [0.4, 0.5) is 4.39 Å². The Balaban J connectivity index is 1.69. The maximum atomic E-state index is 13.4. The molecule has 0 atom stereocenters. The SMILES string of the molecule is NC(=O)c1cccc2onc(-c3ccccc3CNC(=O)c3cccc(F)c3)c12. The molecule has 6 nitrogen and oxygen atoms in total. The van der Waals surface area contributed by atoms with Crippen molar-refractivity contribution in [3.05, 3.63) is 89.2 Å². The highest BCUT2D eigenvalue weighted by Gasteiger charge is 2.19. The van der Waals surface area contributed by atoms with Crippen molar-refractivity contribution in [1.29, 1.82) is 0 Å². The van der Waals surface area contributed by atoms with Crippen molar-refractivity contribution in [3.63, 3.8) is 0 Å². The average Bonchev–Trinajstić information content (AvgIpc) is 3.16. The van der Waals surface area contributed by atoms with E-state index in [1.54, 1.807) is 18.2 Å². The van der Waals surface area contributed by atoms with Crippen LogP contribution in [-0.4, -0.2) is 17.0 Å². The summed E-state index contributed by atoms with van der Waals surface area (Å²) < 4.78 is 18.7. The van der Waals surface area contributed by atoms with Crippen LogP contribution in [0, 0.1) is 5.82 Å². The number of fused-ring (bicyclic) bond motifs is 1. The van der Waals surface area contributed by atoms with Gasteiger partial charge in [0.1, 0.15) is 11.5 Å². The second-order valence-corrected chi connectivity index (χ2v) is 6.42. The van der Waals surface area contributed by atoms with Gasteiger partial charge < -0.3 is 15.6 Å². The third kappa shape index (κ3) is 3.58. The number of carbonyl (C=O) groups is 2. The zero-order valence-corrected chi connectivity index (χ0v) is 15.2. The molecule has 0 saturated carbocycles. The highest BCUT2D eigenvalue weighted by atomic mass is 19.1. The highest BCUT2D eigenvalue weighted by Crippen LogP contribution is 2.32. The Labute approximate surface area is 165 Å². The molecule has 144 valence electrons. The predicted molar refractivity (Wildman–Crippen MR) is 106 cm³/mol. The van der Waals surface area contributed by atoms with E-state index in [1.807, 2.05) is 24.3 Å². The van der Waals surface area contributed by atoms with Crippen LogP contribution in [0.3, 0.4) is 0 Å². The maximum absolute atomic E-state index is 13.4. The molecular formula is C22H16FN3O3. The van der Waals surface area contributed by atoms with E-state index in [2.05, 4.69) is 10.5 Å². The van der Waals surface area contributed by atoms with Crippen LogP contribution in [0.25, 0.3) is 22.2 Å². The third-order valence-corrected chi connectivity index (χ3v) is 4.56. The Morgan fingerprint density at radius 1 is 1.03 bits per heavy atom. The first kappa shape index (κ1) is 18.4. The molecule has 0 bridgehead atoms. The van der Waals surface area contributed by atoms with Gasteiger partial charge in [-0.05, 0) is 35.9 Å². The number of amides is 2. The zero-order valence-electron chi connectivity index (χ0n) is 15.2. The van der Waals surface area contributed by atoms with Crippen molar-refractivity contribution >= 4 is 22.8 Å². The highest BCUT2D eigenvalue weighted by molar-refractivity contribution is 6.10. The quantitative estimate of drug-likeness (QED) is 0.544. The molecule has 4 rings (SSSR count). The summed E-state index contributed by atoms with van der Waals surface area (Å²) in [5.74, 6) is -1.47. The summed E-state index contributed by atoms with van der Waals surface area (Å²) in [7, 11) is 0. The van der Waals surface area contributed by atoms with Crippen molar-refractivity contribution in [1.82, 2.24) is 10.5 Å². The number of halogens is 1. The standard InChI is InChI=1S/C22H16FN3O3/c23-15-7-3-6-13(11-15)22(28)25-12-14-5-1-2-8-16(14)20-19-17(21(24)27)9-4-10-18(19)29-26-20/h1-11H,12H2,(H2,24,27)(H,25,28). The molecule has 3 N–H and O–H groups in total. The van der Waals surface area contributed by atoms with Gasteiger partial charge in [0.15, 0.2) is 5.58 Å². The number of carbonyl (C=O) groups excluding carboxylic acids is 2. The van der Waals surface area contributed by atoms with Crippen molar-refractivity contribution in [3.8, 4) is 11.3 Å². The minimum absolute atomic E-state index is 0.179. The molecule has 1 heterocycles. The number of hydrogen-bond donors (Lipinski definition) is 2.